The van der Waals surface area contributed by atoms with Gasteiger partial charge in [0.1, 0.15) is 5.82 Å². The molecule has 2 aromatic heterocycles. The number of thioether (sulfide) groups is 1. The highest BCUT2D eigenvalue weighted by Gasteiger charge is 2.12. The van der Waals surface area contributed by atoms with Crippen molar-refractivity contribution in [1.82, 2.24) is 15.0 Å². The molecule has 1 aromatic carbocycles. The Morgan fingerprint density at radius 2 is 1.87 bits per heavy atom. The summed E-state index contributed by atoms with van der Waals surface area (Å²) in [5, 5.41) is 3.14. The lowest BCUT2D eigenvalue weighted by molar-refractivity contribution is -0.118. The predicted molar refractivity (Wildman–Crippen MR) is 112 cm³/mol. The number of aryl methyl sites for hydroxylation is 2. The first-order valence-electron chi connectivity index (χ1n) is 9.10. The maximum absolute atomic E-state index is 13.7. The number of nitrogens with one attached hydrogen (secondary N) is 1. The molecule has 156 valence electrons. The molecule has 7 nitrogen and oxygen atoms in total. The van der Waals surface area contributed by atoms with Gasteiger partial charge in [0.25, 0.3) is 5.91 Å². The summed E-state index contributed by atoms with van der Waals surface area (Å²) >= 11 is 1.45. The monoisotopic (exact) mass is 428 g/mol. The lowest BCUT2D eigenvalue weighted by Gasteiger charge is -2.12. The molecule has 0 spiro atoms. The standard InChI is InChI=1S/C21H21FN4O3S/c1-13-8-14(2)25-21(24-13)30-12-15-9-18(19(28-3)10-23-15)29-11-20(27)26-17-7-5-4-6-16(17)22/h4-10H,11-12H2,1-3H3,(H,26,27). The smallest absolute Gasteiger partial charge is 0.262 e. The highest BCUT2D eigenvalue weighted by molar-refractivity contribution is 7.98. The van der Waals surface area contributed by atoms with E-state index in [4.69, 9.17) is 9.47 Å². The summed E-state index contributed by atoms with van der Waals surface area (Å²) in [6.45, 7) is 3.53. The Labute approximate surface area is 178 Å². The van der Waals surface area contributed by atoms with Crippen molar-refractivity contribution in [2.45, 2.75) is 24.8 Å². The van der Waals surface area contributed by atoms with Gasteiger partial charge in [0.15, 0.2) is 23.3 Å². The van der Waals surface area contributed by atoms with Gasteiger partial charge in [-0.1, -0.05) is 23.9 Å². The van der Waals surface area contributed by atoms with E-state index in [0.29, 0.717) is 28.1 Å². The molecular formula is C21H21FN4O3S. The normalized spacial score (nSPS) is 10.5. The molecule has 0 bridgehead atoms. The number of hydrogen-bond donors (Lipinski definition) is 1. The van der Waals surface area contributed by atoms with Gasteiger partial charge < -0.3 is 14.8 Å². The average molecular weight is 428 g/mol. The van der Waals surface area contributed by atoms with Gasteiger partial charge in [0, 0.05) is 23.2 Å². The summed E-state index contributed by atoms with van der Waals surface area (Å²) in [6, 6.07) is 9.54. The molecule has 30 heavy (non-hydrogen) atoms. The summed E-state index contributed by atoms with van der Waals surface area (Å²) in [7, 11) is 1.49. The molecule has 0 saturated heterocycles. The zero-order valence-corrected chi connectivity index (χ0v) is 17.6. The molecule has 2 heterocycles. The minimum absolute atomic E-state index is 0.0957. The second-order valence-electron chi connectivity index (χ2n) is 6.37. The fraction of sp³-hybridized carbons (Fsp3) is 0.238. The molecule has 9 heteroatoms. The number of hydrogen-bond acceptors (Lipinski definition) is 7. The highest BCUT2D eigenvalue weighted by atomic mass is 32.2. The van der Waals surface area contributed by atoms with Gasteiger partial charge >= 0.3 is 0 Å². The van der Waals surface area contributed by atoms with Crippen LogP contribution < -0.4 is 14.8 Å². The van der Waals surface area contributed by atoms with Gasteiger partial charge in [-0.2, -0.15) is 0 Å². The Bertz CT molecular complexity index is 1030. The van der Waals surface area contributed by atoms with E-state index < -0.39 is 11.7 Å². The first-order chi connectivity index (χ1) is 14.4. The number of anilines is 1. The van der Waals surface area contributed by atoms with Crippen molar-refractivity contribution in [2.75, 3.05) is 19.0 Å². The SMILES string of the molecule is COc1cnc(CSc2nc(C)cc(C)n2)cc1OCC(=O)Nc1ccccc1F. The number of nitrogens with zero attached hydrogens (tertiary/aromatic N) is 3. The summed E-state index contributed by atoms with van der Waals surface area (Å²) in [5.74, 6) is 0.280. The zero-order chi connectivity index (χ0) is 21.5. The molecule has 0 radical (unpaired) electrons. The third-order valence-electron chi connectivity index (χ3n) is 3.93. The van der Waals surface area contributed by atoms with Crippen molar-refractivity contribution < 1.29 is 18.7 Å². The van der Waals surface area contributed by atoms with Crippen molar-refractivity contribution in [3.05, 3.63) is 65.5 Å². The third kappa shape index (κ3) is 5.90. The molecule has 0 aliphatic rings. The number of methoxy groups -OCH3 is 1. The summed E-state index contributed by atoms with van der Waals surface area (Å²) < 4.78 is 24.5. The molecule has 3 rings (SSSR count). The fourth-order valence-corrected chi connectivity index (χ4v) is 3.45. The summed E-state index contributed by atoms with van der Waals surface area (Å²) in [4.78, 5) is 25.3. The van der Waals surface area contributed by atoms with Crippen LogP contribution in [0.15, 0.2) is 47.8 Å². The van der Waals surface area contributed by atoms with E-state index >= 15 is 0 Å². The lowest BCUT2D eigenvalue weighted by atomic mass is 10.3. The van der Waals surface area contributed by atoms with Crippen LogP contribution >= 0.6 is 11.8 Å². The Morgan fingerprint density at radius 1 is 1.13 bits per heavy atom. The van der Waals surface area contributed by atoms with E-state index in [1.165, 1.54) is 37.2 Å². The van der Waals surface area contributed by atoms with Crippen LogP contribution in [-0.4, -0.2) is 34.6 Å². The molecule has 0 fully saturated rings. The minimum Gasteiger partial charge on any atom is -0.491 e. The van der Waals surface area contributed by atoms with Crippen molar-refractivity contribution in [1.29, 1.82) is 0 Å². The maximum atomic E-state index is 13.7. The van der Waals surface area contributed by atoms with Gasteiger partial charge in [-0.15, -0.1) is 0 Å². The van der Waals surface area contributed by atoms with Crippen LogP contribution in [0.4, 0.5) is 10.1 Å². The van der Waals surface area contributed by atoms with Crippen molar-refractivity contribution in [3.63, 3.8) is 0 Å². The first-order valence-corrected chi connectivity index (χ1v) is 10.1. The van der Waals surface area contributed by atoms with Gasteiger partial charge in [0.05, 0.1) is 24.7 Å². The number of rotatable bonds is 8. The number of para-hydroxylation sites is 1. The van der Waals surface area contributed by atoms with Crippen molar-refractivity contribution in [2.24, 2.45) is 0 Å². The predicted octanol–water partition coefficient (Wildman–Crippen LogP) is 3.95. The topological polar surface area (TPSA) is 86.2 Å². The van der Waals surface area contributed by atoms with E-state index in [9.17, 15) is 9.18 Å². The maximum Gasteiger partial charge on any atom is 0.262 e. The number of ether oxygens (including phenoxy) is 2. The Morgan fingerprint density at radius 3 is 2.57 bits per heavy atom. The van der Waals surface area contributed by atoms with Crippen molar-refractivity contribution >= 4 is 23.4 Å². The second kappa shape index (κ2) is 10.0. The van der Waals surface area contributed by atoms with E-state index in [1.807, 2.05) is 19.9 Å². The molecule has 3 aromatic rings. The molecule has 0 unspecified atom stereocenters. The van der Waals surface area contributed by atoms with E-state index in [0.717, 1.165) is 11.4 Å². The average Bonchev–Trinajstić information content (AvgIpc) is 2.72. The molecule has 0 atom stereocenters. The Kier molecular flexibility index (Phi) is 7.18. The number of pyridine rings is 1. The van der Waals surface area contributed by atoms with Gasteiger partial charge in [-0.05, 0) is 32.0 Å². The molecule has 0 aliphatic heterocycles. The number of carbonyl (C=O) groups excluding carboxylic acids is 1. The molecule has 1 N–H and O–H groups in total. The van der Waals surface area contributed by atoms with E-state index in [1.54, 1.807) is 18.2 Å². The fourth-order valence-electron chi connectivity index (χ4n) is 2.60. The molecule has 1 amide bonds. The van der Waals surface area contributed by atoms with Gasteiger partial charge in [0.2, 0.25) is 0 Å². The van der Waals surface area contributed by atoms with Crippen LogP contribution in [-0.2, 0) is 10.5 Å². The highest BCUT2D eigenvalue weighted by Crippen LogP contribution is 2.29. The van der Waals surface area contributed by atoms with Gasteiger partial charge in [-0.3, -0.25) is 9.78 Å². The Hall–Kier alpha value is -3.20. The quantitative estimate of drug-likeness (QED) is 0.429. The Balaban J connectivity index is 1.64. The summed E-state index contributed by atoms with van der Waals surface area (Å²) in [6.07, 6.45) is 1.53. The number of halogens is 1. The minimum atomic E-state index is -0.514. The number of benzene rings is 1. The van der Waals surface area contributed by atoms with Crippen LogP contribution in [0.1, 0.15) is 17.1 Å². The second-order valence-corrected chi connectivity index (χ2v) is 7.31. The van der Waals surface area contributed by atoms with Crippen LogP contribution in [0.25, 0.3) is 0 Å². The summed E-state index contributed by atoms with van der Waals surface area (Å²) in [5.41, 5.74) is 2.61. The first kappa shape index (κ1) is 21.5. The third-order valence-corrected chi connectivity index (χ3v) is 4.81. The van der Waals surface area contributed by atoms with E-state index in [2.05, 4.69) is 20.3 Å². The number of carbonyl (C=O) groups is 1. The van der Waals surface area contributed by atoms with Crippen LogP contribution in [0, 0.1) is 19.7 Å². The lowest BCUT2D eigenvalue weighted by Crippen LogP contribution is -2.21. The van der Waals surface area contributed by atoms with Crippen LogP contribution in [0.3, 0.4) is 0 Å². The van der Waals surface area contributed by atoms with Crippen LogP contribution in [0.2, 0.25) is 0 Å². The number of aromatic nitrogens is 3. The van der Waals surface area contributed by atoms with E-state index in [-0.39, 0.29) is 12.3 Å². The zero-order valence-electron chi connectivity index (χ0n) is 16.8. The largest absolute Gasteiger partial charge is 0.491 e. The van der Waals surface area contributed by atoms with Crippen LogP contribution in [0.5, 0.6) is 11.5 Å². The number of amides is 1. The molecular weight excluding hydrogens is 407 g/mol. The van der Waals surface area contributed by atoms with Crippen molar-refractivity contribution in [3.8, 4) is 11.5 Å². The van der Waals surface area contributed by atoms with Gasteiger partial charge in [-0.25, -0.2) is 14.4 Å². The molecule has 0 aliphatic carbocycles. The molecule has 0 saturated carbocycles.